The molecule has 5 nitrogen and oxygen atoms in total. The van der Waals surface area contributed by atoms with Gasteiger partial charge in [0.2, 0.25) is 5.88 Å². The van der Waals surface area contributed by atoms with Crippen LogP contribution in [0.5, 0.6) is 5.88 Å². The number of nitrogen functional groups attached to an aromatic ring is 1. The number of nitrogens with zero attached hydrogens (tertiary/aromatic N) is 2. The van der Waals surface area contributed by atoms with Gasteiger partial charge >= 0.3 is 0 Å². The molecular weight excluding hydrogens is 216 g/mol. The molecule has 1 fully saturated rings. The number of nitrogens with one attached hydrogen (secondary N) is 1. The van der Waals surface area contributed by atoms with Crippen LogP contribution in [0.2, 0.25) is 0 Å². The number of likely N-dealkylation sites (tertiary alicyclic amines) is 1. The summed E-state index contributed by atoms with van der Waals surface area (Å²) in [6.07, 6.45) is 4.16. The van der Waals surface area contributed by atoms with Gasteiger partial charge in [-0.15, -0.1) is 0 Å². The summed E-state index contributed by atoms with van der Waals surface area (Å²) in [7, 11) is 0. The Morgan fingerprint density at radius 2 is 2.18 bits per heavy atom. The number of rotatable bonds is 5. The van der Waals surface area contributed by atoms with Crippen molar-refractivity contribution in [3.8, 4) is 5.88 Å². The molecule has 0 atom stereocenters. The molecule has 5 heteroatoms. The zero-order chi connectivity index (χ0) is 12.1. The second-order valence-corrected chi connectivity index (χ2v) is 4.20. The first kappa shape index (κ1) is 11.9. The van der Waals surface area contributed by atoms with Gasteiger partial charge in [-0.3, -0.25) is 10.3 Å². The summed E-state index contributed by atoms with van der Waals surface area (Å²) in [5.74, 6) is 0.621. The summed E-state index contributed by atoms with van der Waals surface area (Å²) in [6.45, 7) is 3.97. The number of pyridine rings is 1. The van der Waals surface area contributed by atoms with Gasteiger partial charge in [-0.25, -0.2) is 4.98 Å². The molecule has 2 heterocycles. The minimum atomic E-state index is 0.0288. The maximum Gasteiger partial charge on any atom is 0.213 e. The summed E-state index contributed by atoms with van der Waals surface area (Å²) in [4.78, 5) is 6.50. The fourth-order valence-corrected chi connectivity index (χ4v) is 1.91. The van der Waals surface area contributed by atoms with Crippen molar-refractivity contribution in [3.05, 3.63) is 23.9 Å². The molecule has 0 bridgehead atoms. The third-order valence-electron chi connectivity index (χ3n) is 2.90. The monoisotopic (exact) mass is 234 g/mol. The molecule has 0 aliphatic carbocycles. The highest BCUT2D eigenvalue weighted by atomic mass is 16.5. The van der Waals surface area contributed by atoms with Crippen molar-refractivity contribution in [2.75, 3.05) is 26.2 Å². The van der Waals surface area contributed by atoms with Crippen LogP contribution in [0.15, 0.2) is 18.3 Å². The van der Waals surface area contributed by atoms with Gasteiger partial charge in [-0.05, 0) is 32.0 Å². The van der Waals surface area contributed by atoms with Crippen LogP contribution in [0.4, 0.5) is 0 Å². The Morgan fingerprint density at radius 1 is 1.41 bits per heavy atom. The van der Waals surface area contributed by atoms with Crippen LogP contribution in [-0.4, -0.2) is 42.0 Å². The van der Waals surface area contributed by atoms with Crippen LogP contribution in [0.25, 0.3) is 0 Å². The van der Waals surface area contributed by atoms with E-state index in [1.165, 1.54) is 25.9 Å². The predicted molar refractivity (Wildman–Crippen MR) is 66.4 cm³/mol. The smallest absolute Gasteiger partial charge is 0.213 e. The summed E-state index contributed by atoms with van der Waals surface area (Å²) < 4.78 is 5.54. The van der Waals surface area contributed by atoms with Crippen molar-refractivity contribution in [2.45, 2.75) is 12.8 Å². The number of aromatic nitrogens is 1. The third kappa shape index (κ3) is 3.42. The van der Waals surface area contributed by atoms with Crippen LogP contribution >= 0.6 is 0 Å². The summed E-state index contributed by atoms with van der Waals surface area (Å²) in [5, 5.41) is 7.25. The molecule has 1 aliphatic rings. The topological polar surface area (TPSA) is 75.2 Å². The van der Waals surface area contributed by atoms with Gasteiger partial charge in [-0.1, -0.05) is 0 Å². The largest absolute Gasteiger partial charge is 0.476 e. The molecule has 92 valence electrons. The molecule has 3 N–H and O–H groups in total. The maximum atomic E-state index is 7.25. The van der Waals surface area contributed by atoms with E-state index in [-0.39, 0.29) is 5.84 Å². The van der Waals surface area contributed by atoms with E-state index in [0.717, 1.165) is 6.54 Å². The van der Waals surface area contributed by atoms with Crippen molar-refractivity contribution in [2.24, 2.45) is 5.73 Å². The Bertz CT molecular complexity index is 371. The lowest BCUT2D eigenvalue weighted by Gasteiger charge is -2.14. The fraction of sp³-hybridized carbons (Fsp3) is 0.500. The molecule has 0 spiro atoms. The van der Waals surface area contributed by atoms with Crippen LogP contribution in [-0.2, 0) is 0 Å². The highest BCUT2D eigenvalue weighted by Gasteiger charge is 2.10. The van der Waals surface area contributed by atoms with Gasteiger partial charge in [0.05, 0.1) is 0 Å². The van der Waals surface area contributed by atoms with E-state index < -0.39 is 0 Å². The van der Waals surface area contributed by atoms with E-state index in [0.29, 0.717) is 18.1 Å². The standard InChI is InChI=1S/C12H18N4O/c13-12(14)10-3-4-11(15-9-10)17-8-7-16-5-1-2-6-16/h3-4,9H,1-2,5-8H2,(H3,13,14). The molecule has 1 aromatic heterocycles. The van der Waals surface area contributed by atoms with Crippen molar-refractivity contribution >= 4 is 5.84 Å². The van der Waals surface area contributed by atoms with Gasteiger partial charge in [0.15, 0.2) is 0 Å². The Morgan fingerprint density at radius 3 is 2.76 bits per heavy atom. The normalized spacial score (nSPS) is 16.0. The quantitative estimate of drug-likeness (QED) is 0.585. The average Bonchev–Trinajstić information content (AvgIpc) is 2.83. The van der Waals surface area contributed by atoms with Crippen LogP contribution in [0, 0.1) is 5.41 Å². The van der Waals surface area contributed by atoms with Gasteiger partial charge in [0, 0.05) is 24.4 Å². The van der Waals surface area contributed by atoms with Crippen molar-refractivity contribution in [1.82, 2.24) is 9.88 Å². The number of hydrogen-bond acceptors (Lipinski definition) is 4. The number of ether oxygens (including phenoxy) is 1. The van der Waals surface area contributed by atoms with E-state index in [1.54, 1.807) is 18.3 Å². The maximum absolute atomic E-state index is 7.25. The van der Waals surface area contributed by atoms with Gasteiger partial charge in [-0.2, -0.15) is 0 Å². The van der Waals surface area contributed by atoms with Gasteiger partial charge in [0.1, 0.15) is 12.4 Å². The van der Waals surface area contributed by atoms with Crippen LogP contribution < -0.4 is 10.5 Å². The molecule has 17 heavy (non-hydrogen) atoms. The van der Waals surface area contributed by atoms with E-state index >= 15 is 0 Å². The minimum absolute atomic E-state index is 0.0288. The highest BCUT2D eigenvalue weighted by Crippen LogP contribution is 2.09. The van der Waals surface area contributed by atoms with Gasteiger partial charge in [0.25, 0.3) is 0 Å². The SMILES string of the molecule is N=C(N)c1ccc(OCCN2CCCC2)nc1. The molecule has 0 radical (unpaired) electrons. The summed E-state index contributed by atoms with van der Waals surface area (Å²) >= 11 is 0. The Hall–Kier alpha value is -1.62. The minimum Gasteiger partial charge on any atom is -0.476 e. The first-order valence-corrected chi connectivity index (χ1v) is 5.91. The number of hydrogen-bond donors (Lipinski definition) is 2. The molecule has 0 aromatic carbocycles. The lowest BCUT2D eigenvalue weighted by Crippen LogP contribution is -2.25. The molecule has 0 saturated carbocycles. The Balaban J connectivity index is 1.76. The average molecular weight is 234 g/mol. The van der Waals surface area contributed by atoms with Crippen LogP contribution in [0.3, 0.4) is 0 Å². The molecule has 1 saturated heterocycles. The Labute approximate surface area is 101 Å². The van der Waals surface area contributed by atoms with Crippen molar-refractivity contribution in [1.29, 1.82) is 5.41 Å². The van der Waals surface area contributed by atoms with Crippen LogP contribution in [0.1, 0.15) is 18.4 Å². The molecular formula is C12H18N4O. The fourth-order valence-electron chi connectivity index (χ4n) is 1.91. The Kier molecular flexibility index (Phi) is 3.93. The zero-order valence-corrected chi connectivity index (χ0v) is 9.85. The highest BCUT2D eigenvalue weighted by molar-refractivity contribution is 5.94. The van der Waals surface area contributed by atoms with E-state index in [1.807, 2.05) is 0 Å². The second kappa shape index (κ2) is 5.63. The summed E-state index contributed by atoms with van der Waals surface area (Å²) in [5.41, 5.74) is 5.96. The first-order chi connectivity index (χ1) is 8.25. The molecule has 1 aliphatic heterocycles. The first-order valence-electron chi connectivity index (χ1n) is 5.91. The lowest BCUT2D eigenvalue weighted by atomic mass is 10.3. The molecule has 1 aromatic rings. The van der Waals surface area contributed by atoms with Crippen molar-refractivity contribution < 1.29 is 4.74 Å². The van der Waals surface area contributed by atoms with E-state index in [9.17, 15) is 0 Å². The van der Waals surface area contributed by atoms with Gasteiger partial charge < -0.3 is 10.5 Å². The second-order valence-electron chi connectivity index (χ2n) is 4.20. The molecule has 2 rings (SSSR count). The molecule has 0 amide bonds. The zero-order valence-electron chi connectivity index (χ0n) is 9.85. The number of nitrogens with two attached hydrogens (primary N) is 1. The predicted octanol–water partition coefficient (Wildman–Crippen LogP) is 0.840. The third-order valence-corrected chi connectivity index (χ3v) is 2.90. The van der Waals surface area contributed by atoms with E-state index in [2.05, 4.69) is 9.88 Å². The van der Waals surface area contributed by atoms with E-state index in [4.69, 9.17) is 15.9 Å². The summed E-state index contributed by atoms with van der Waals surface area (Å²) in [6, 6.07) is 3.50. The molecule has 0 unspecified atom stereocenters. The number of amidine groups is 1. The lowest BCUT2D eigenvalue weighted by molar-refractivity contribution is 0.232. The van der Waals surface area contributed by atoms with Crippen molar-refractivity contribution in [3.63, 3.8) is 0 Å².